The Hall–Kier alpha value is -2.54. The Balaban J connectivity index is 2.51. The van der Waals surface area contributed by atoms with Gasteiger partial charge in [-0.05, 0) is 19.1 Å². The van der Waals surface area contributed by atoms with Crippen LogP contribution in [0.2, 0.25) is 5.02 Å². The van der Waals surface area contributed by atoms with Crippen LogP contribution in [0.5, 0.6) is 5.75 Å². The maximum absolute atomic E-state index is 11.9. The van der Waals surface area contributed by atoms with Gasteiger partial charge in [0.05, 0.1) is 5.02 Å². The highest BCUT2D eigenvalue weighted by atomic mass is 35.5. The summed E-state index contributed by atoms with van der Waals surface area (Å²) < 4.78 is 0. The Kier molecular flexibility index (Phi) is 4.13. The largest absolute Gasteiger partial charge is 0.370 e. The highest BCUT2D eigenvalue weighted by molar-refractivity contribution is 6.32. The van der Waals surface area contributed by atoms with Gasteiger partial charge < -0.3 is 9.82 Å². The summed E-state index contributed by atoms with van der Waals surface area (Å²) in [6, 6.07) is 6.50. The van der Waals surface area contributed by atoms with Gasteiger partial charge >= 0.3 is 5.69 Å². The van der Waals surface area contributed by atoms with E-state index in [4.69, 9.17) is 16.4 Å². The Morgan fingerprint density at radius 3 is 2.48 bits per heavy atom. The van der Waals surface area contributed by atoms with Crippen LogP contribution in [-0.2, 0) is 4.79 Å². The summed E-state index contributed by atoms with van der Waals surface area (Å²) in [5.74, 6) is -0.338. The predicted molar refractivity (Wildman–Crippen MR) is 77.7 cm³/mol. The van der Waals surface area contributed by atoms with Crippen molar-refractivity contribution in [2.24, 2.45) is 0 Å². The number of para-hydroxylation sites is 1. The van der Waals surface area contributed by atoms with Crippen LogP contribution in [-0.4, -0.2) is 15.9 Å². The molecule has 1 amide bonds. The number of aromatic nitrogens is 2. The standard InChI is InChI=1S/C13H12ClN3O4/c1-7-11(12(19)16-13(20)15-7)17(8(2)18)21-10-6-4-3-5-9(10)14/h3-6H,1-2H3,(H2,15,16,19,20). The quantitative estimate of drug-likeness (QED) is 0.837. The first kappa shape index (κ1) is 14.9. The summed E-state index contributed by atoms with van der Waals surface area (Å²) in [7, 11) is 0. The van der Waals surface area contributed by atoms with Gasteiger partial charge in [-0.15, -0.1) is 5.06 Å². The van der Waals surface area contributed by atoms with Crippen LogP contribution in [0.1, 0.15) is 12.6 Å². The molecular formula is C13H12ClN3O4. The molecule has 1 heterocycles. The summed E-state index contributed by atoms with van der Waals surface area (Å²) in [4.78, 5) is 44.7. The lowest BCUT2D eigenvalue weighted by Crippen LogP contribution is -2.39. The number of hydroxylamine groups is 1. The molecular weight excluding hydrogens is 298 g/mol. The lowest BCUT2D eigenvalue weighted by atomic mass is 10.3. The average Bonchev–Trinajstić information content (AvgIpc) is 2.38. The molecule has 0 aliphatic carbocycles. The second-order valence-corrected chi connectivity index (χ2v) is 4.62. The van der Waals surface area contributed by atoms with E-state index in [0.717, 1.165) is 5.06 Å². The van der Waals surface area contributed by atoms with E-state index >= 15 is 0 Å². The normalized spacial score (nSPS) is 10.2. The zero-order chi connectivity index (χ0) is 15.6. The van der Waals surface area contributed by atoms with Crippen LogP contribution in [0.15, 0.2) is 33.9 Å². The Bertz CT molecular complexity index is 796. The number of H-pyrrole nitrogens is 2. The molecule has 0 saturated heterocycles. The number of anilines is 1. The van der Waals surface area contributed by atoms with E-state index in [2.05, 4.69) is 4.98 Å². The summed E-state index contributed by atoms with van der Waals surface area (Å²) in [5.41, 5.74) is -1.31. The molecule has 0 unspecified atom stereocenters. The van der Waals surface area contributed by atoms with Crippen molar-refractivity contribution in [3.05, 3.63) is 55.8 Å². The zero-order valence-corrected chi connectivity index (χ0v) is 12.0. The highest BCUT2D eigenvalue weighted by Crippen LogP contribution is 2.25. The van der Waals surface area contributed by atoms with Gasteiger partial charge in [0.1, 0.15) is 0 Å². The number of aromatic amines is 2. The second kappa shape index (κ2) is 5.84. The second-order valence-electron chi connectivity index (χ2n) is 4.22. The Labute approximate surface area is 124 Å². The van der Waals surface area contributed by atoms with Crippen molar-refractivity contribution in [2.75, 3.05) is 5.06 Å². The first-order chi connectivity index (χ1) is 9.90. The van der Waals surface area contributed by atoms with Gasteiger partial charge in [-0.1, -0.05) is 23.7 Å². The number of carbonyl (C=O) groups is 1. The number of carbonyl (C=O) groups excluding carboxylic acids is 1. The molecule has 21 heavy (non-hydrogen) atoms. The molecule has 1 aromatic carbocycles. The molecule has 0 aliphatic rings. The molecule has 0 spiro atoms. The fourth-order valence-electron chi connectivity index (χ4n) is 1.72. The van der Waals surface area contributed by atoms with Gasteiger partial charge in [0.25, 0.3) is 11.5 Å². The minimum atomic E-state index is -0.737. The molecule has 0 radical (unpaired) electrons. The minimum absolute atomic E-state index is 0.109. The van der Waals surface area contributed by atoms with Gasteiger partial charge in [0.2, 0.25) is 0 Å². The summed E-state index contributed by atoms with van der Waals surface area (Å²) in [5, 5.41) is 1.06. The smallest absolute Gasteiger partial charge is 0.326 e. The van der Waals surface area contributed by atoms with E-state index in [1.54, 1.807) is 24.3 Å². The van der Waals surface area contributed by atoms with E-state index in [1.807, 2.05) is 4.98 Å². The number of aryl methyl sites for hydroxylation is 1. The van der Waals surface area contributed by atoms with Gasteiger partial charge in [-0.3, -0.25) is 14.6 Å². The number of nitrogens with zero attached hydrogens (tertiary/aromatic N) is 1. The fourth-order valence-corrected chi connectivity index (χ4v) is 1.89. The molecule has 7 nitrogen and oxygen atoms in total. The number of hydrogen-bond acceptors (Lipinski definition) is 4. The van der Waals surface area contributed by atoms with Crippen molar-refractivity contribution in [3.63, 3.8) is 0 Å². The summed E-state index contributed by atoms with van der Waals surface area (Å²) >= 11 is 5.96. The van der Waals surface area contributed by atoms with Crippen molar-refractivity contribution in [1.29, 1.82) is 0 Å². The van der Waals surface area contributed by atoms with Crippen LogP contribution in [0.3, 0.4) is 0 Å². The lowest BCUT2D eigenvalue weighted by molar-refractivity contribution is -0.120. The SMILES string of the molecule is CC(=O)N(Oc1ccccc1Cl)c1c(C)[nH]c(=O)[nH]c1=O. The van der Waals surface area contributed by atoms with Gasteiger partial charge in [0.15, 0.2) is 11.4 Å². The first-order valence-electron chi connectivity index (χ1n) is 5.96. The van der Waals surface area contributed by atoms with Crippen molar-refractivity contribution in [2.45, 2.75) is 13.8 Å². The molecule has 0 aliphatic heterocycles. The number of halogens is 1. The summed E-state index contributed by atoms with van der Waals surface area (Å²) in [6.07, 6.45) is 0. The van der Waals surface area contributed by atoms with Crippen LogP contribution in [0.25, 0.3) is 0 Å². The molecule has 110 valence electrons. The number of rotatable bonds is 3. The molecule has 2 N–H and O–H groups in total. The number of hydrogen-bond donors (Lipinski definition) is 2. The summed E-state index contributed by atoms with van der Waals surface area (Å²) in [6.45, 7) is 2.71. The Morgan fingerprint density at radius 2 is 1.90 bits per heavy atom. The average molecular weight is 310 g/mol. The highest BCUT2D eigenvalue weighted by Gasteiger charge is 2.21. The van der Waals surface area contributed by atoms with Crippen LogP contribution in [0.4, 0.5) is 5.69 Å². The van der Waals surface area contributed by atoms with E-state index in [-0.39, 0.29) is 22.2 Å². The third kappa shape index (κ3) is 3.14. The van der Waals surface area contributed by atoms with E-state index < -0.39 is 17.2 Å². The fraction of sp³-hybridized carbons (Fsp3) is 0.154. The van der Waals surface area contributed by atoms with Crippen LogP contribution < -0.4 is 21.1 Å². The number of nitrogens with one attached hydrogen (secondary N) is 2. The number of amides is 1. The van der Waals surface area contributed by atoms with Gasteiger partial charge in [-0.2, -0.15) is 0 Å². The zero-order valence-electron chi connectivity index (χ0n) is 11.3. The molecule has 2 aromatic rings. The third-order valence-electron chi connectivity index (χ3n) is 2.61. The van der Waals surface area contributed by atoms with Crippen LogP contribution >= 0.6 is 11.6 Å². The topological polar surface area (TPSA) is 95.3 Å². The maximum atomic E-state index is 11.9. The molecule has 0 fully saturated rings. The van der Waals surface area contributed by atoms with Crippen LogP contribution in [0, 0.1) is 6.92 Å². The molecule has 8 heteroatoms. The van der Waals surface area contributed by atoms with E-state index in [1.165, 1.54) is 13.8 Å². The van der Waals surface area contributed by atoms with E-state index in [9.17, 15) is 14.4 Å². The van der Waals surface area contributed by atoms with Crippen molar-refractivity contribution < 1.29 is 9.63 Å². The van der Waals surface area contributed by atoms with Crippen molar-refractivity contribution in [3.8, 4) is 5.75 Å². The monoisotopic (exact) mass is 309 g/mol. The minimum Gasteiger partial charge on any atom is -0.370 e. The first-order valence-corrected chi connectivity index (χ1v) is 6.34. The van der Waals surface area contributed by atoms with Crippen molar-refractivity contribution in [1.82, 2.24) is 9.97 Å². The lowest BCUT2D eigenvalue weighted by Gasteiger charge is -2.21. The molecule has 0 saturated carbocycles. The molecule has 1 aromatic heterocycles. The third-order valence-corrected chi connectivity index (χ3v) is 2.93. The molecule has 0 bridgehead atoms. The predicted octanol–water partition coefficient (Wildman–Crippen LogP) is 1.37. The Morgan fingerprint density at radius 1 is 1.24 bits per heavy atom. The maximum Gasteiger partial charge on any atom is 0.326 e. The van der Waals surface area contributed by atoms with Crippen molar-refractivity contribution >= 4 is 23.2 Å². The van der Waals surface area contributed by atoms with Gasteiger partial charge in [0, 0.05) is 12.6 Å². The molecule has 0 atom stereocenters. The number of benzene rings is 1. The molecule has 2 rings (SSSR count). The van der Waals surface area contributed by atoms with Gasteiger partial charge in [-0.25, -0.2) is 4.79 Å². The van der Waals surface area contributed by atoms with E-state index in [0.29, 0.717) is 0 Å².